The van der Waals surface area contributed by atoms with E-state index in [1.54, 1.807) is 0 Å². The molecule has 2 aliphatic heterocycles. The van der Waals surface area contributed by atoms with E-state index in [2.05, 4.69) is 57.7 Å². The summed E-state index contributed by atoms with van der Waals surface area (Å²) in [5.74, 6) is 1.93. The van der Waals surface area contributed by atoms with Crippen LogP contribution < -0.4 is 9.64 Å². The van der Waals surface area contributed by atoms with Gasteiger partial charge in [-0.15, -0.1) is 5.10 Å². The fourth-order valence-electron chi connectivity index (χ4n) is 4.22. The van der Waals surface area contributed by atoms with Gasteiger partial charge < -0.3 is 9.64 Å². The summed E-state index contributed by atoms with van der Waals surface area (Å²) < 4.78 is 10.8. The van der Waals surface area contributed by atoms with Crippen LogP contribution in [0.1, 0.15) is 24.0 Å². The quantitative estimate of drug-likeness (QED) is 0.592. The zero-order chi connectivity index (χ0) is 20.5. The van der Waals surface area contributed by atoms with E-state index in [-0.39, 0.29) is 0 Å². The van der Waals surface area contributed by atoms with Gasteiger partial charge in [-0.05, 0) is 50.2 Å². The molecular weight excluding hydrogens is 394 g/mol. The molecule has 3 heterocycles. The lowest BCUT2D eigenvalue weighted by Gasteiger charge is -2.19. The minimum Gasteiger partial charge on any atom is -0.492 e. The summed E-state index contributed by atoms with van der Waals surface area (Å²) in [5.41, 5.74) is 3.52. The van der Waals surface area contributed by atoms with Gasteiger partial charge in [-0.3, -0.25) is 9.47 Å². The molecular formula is C23H27N5OS. The van der Waals surface area contributed by atoms with Crippen LogP contribution in [0.4, 0.5) is 5.95 Å². The van der Waals surface area contributed by atoms with E-state index >= 15 is 0 Å². The summed E-state index contributed by atoms with van der Waals surface area (Å²) in [6.45, 7) is 7.15. The van der Waals surface area contributed by atoms with Crippen molar-refractivity contribution in [2.45, 2.75) is 33.0 Å². The standard InChI is InChI=1S/C23H27N5OS/c1-18-8-10-20(11-9-18)28-22(26-12-4-5-13-26)24-27(23(28)30)17-25-14-15-29-21-7-3-2-6-19(21)16-25/h2-3,6-11H,4-5,12-17H2,1H3. The molecule has 3 aromatic rings. The van der Waals surface area contributed by atoms with Gasteiger partial charge in [-0.2, -0.15) is 0 Å². The summed E-state index contributed by atoms with van der Waals surface area (Å²) in [4.78, 5) is 4.70. The monoisotopic (exact) mass is 421 g/mol. The van der Waals surface area contributed by atoms with E-state index in [1.165, 1.54) is 24.0 Å². The molecule has 1 aromatic heterocycles. The highest BCUT2D eigenvalue weighted by Gasteiger charge is 2.23. The molecule has 0 amide bonds. The Morgan fingerprint density at radius 1 is 1.00 bits per heavy atom. The topological polar surface area (TPSA) is 38.5 Å². The highest BCUT2D eigenvalue weighted by atomic mass is 32.1. The number of anilines is 1. The lowest BCUT2D eigenvalue weighted by Crippen LogP contribution is -2.29. The molecule has 2 aliphatic rings. The minimum absolute atomic E-state index is 0.649. The Morgan fingerprint density at radius 3 is 2.57 bits per heavy atom. The van der Waals surface area contributed by atoms with Crippen molar-refractivity contribution < 1.29 is 4.74 Å². The van der Waals surface area contributed by atoms with Crippen molar-refractivity contribution in [2.75, 3.05) is 31.1 Å². The Labute approximate surface area is 182 Å². The number of hydrogen-bond donors (Lipinski definition) is 0. The second kappa shape index (κ2) is 8.24. The third-order valence-corrected chi connectivity index (χ3v) is 6.26. The van der Waals surface area contributed by atoms with Crippen LogP contribution in [0.3, 0.4) is 0 Å². The van der Waals surface area contributed by atoms with Crippen LogP contribution in [0, 0.1) is 11.7 Å². The molecule has 0 atom stereocenters. The largest absolute Gasteiger partial charge is 0.492 e. The van der Waals surface area contributed by atoms with Gasteiger partial charge in [0.15, 0.2) is 0 Å². The SMILES string of the molecule is Cc1ccc(-n2c(N3CCCC3)nn(CN3CCOc4ccccc4C3)c2=S)cc1. The highest BCUT2D eigenvalue weighted by Crippen LogP contribution is 2.26. The van der Waals surface area contributed by atoms with Crippen LogP contribution in [0.2, 0.25) is 0 Å². The maximum atomic E-state index is 5.93. The van der Waals surface area contributed by atoms with Gasteiger partial charge >= 0.3 is 0 Å². The summed E-state index contributed by atoms with van der Waals surface area (Å²) >= 11 is 5.92. The van der Waals surface area contributed by atoms with Crippen molar-refractivity contribution in [3.05, 3.63) is 64.4 Å². The van der Waals surface area contributed by atoms with Crippen LogP contribution in [-0.2, 0) is 13.2 Å². The van der Waals surface area contributed by atoms with Crippen LogP contribution >= 0.6 is 12.2 Å². The molecule has 0 aliphatic carbocycles. The number of rotatable bonds is 4. The predicted octanol–water partition coefficient (Wildman–Crippen LogP) is 4.16. The van der Waals surface area contributed by atoms with E-state index in [4.69, 9.17) is 22.1 Å². The van der Waals surface area contributed by atoms with E-state index in [1.807, 2.05) is 16.8 Å². The second-order valence-electron chi connectivity index (χ2n) is 8.10. The first-order valence-corrected chi connectivity index (χ1v) is 11.0. The molecule has 0 bridgehead atoms. The lowest BCUT2D eigenvalue weighted by molar-refractivity contribution is 0.177. The normalized spacial score (nSPS) is 16.9. The molecule has 1 saturated heterocycles. The zero-order valence-corrected chi connectivity index (χ0v) is 18.1. The summed E-state index contributed by atoms with van der Waals surface area (Å²) in [6.07, 6.45) is 2.40. The van der Waals surface area contributed by atoms with Gasteiger partial charge in [0.1, 0.15) is 12.4 Å². The zero-order valence-electron chi connectivity index (χ0n) is 17.3. The van der Waals surface area contributed by atoms with Crippen LogP contribution in [-0.4, -0.2) is 45.5 Å². The van der Waals surface area contributed by atoms with Crippen molar-refractivity contribution in [3.8, 4) is 11.4 Å². The van der Waals surface area contributed by atoms with Crippen LogP contribution in [0.5, 0.6) is 5.75 Å². The molecule has 0 saturated carbocycles. The second-order valence-corrected chi connectivity index (χ2v) is 8.46. The number of aryl methyl sites for hydroxylation is 1. The molecule has 0 radical (unpaired) electrons. The van der Waals surface area contributed by atoms with E-state index < -0.39 is 0 Å². The Bertz CT molecular complexity index is 1080. The van der Waals surface area contributed by atoms with Crippen molar-refractivity contribution in [3.63, 3.8) is 0 Å². The molecule has 0 spiro atoms. The number of hydrogen-bond acceptors (Lipinski definition) is 5. The van der Waals surface area contributed by atoms with Crippen molar-refractivity contribution >= 4 is 18.2 Å². The molecule has 156 valence electrons. The van der Waals surface area contributed by atoms with Crippen molar-refractivity contribution in [1.29, 1.82) is 0 Å². The predicted molar refractivity (Wildman–Crippen MR) is 121 cm³/mol. The average molecular weight is 422 g/mol. The Morgan fingerprint density at radius 2 is 1.77 bits per heavy atom. The molecule has 5 rings (SSSR count). The number of fused-ring (bicyclic) bond motifs is 1. The molecule has 6 nitrogen and oxygen atoms in total. The first-order chi connectivity index (χ1) is 14.7. The van der Waals surface area contributed by atoms with Crippen molar-refractivity contribution in [1.82, 2.24) is 19.2 Å². The molecule has 1 fully saturated rings. The Balaban J connectivity index is 1.49. The molecule has 0 unspecified atom stereocenters. The first kappa shape index (κ1) is 19.3. The number of para-hydroxylation sites is 1. The highest BCUT2D eigenvalue weighted by molar-refractivity contribution is 7.71. The van der Waals surface area contributed by atoms with Crippen LogP contribution in [0.25, 0.3) is 5.69 Å². The van der Waals surface area contributed by atoms with E-state index in [0.717, 1.165) is 48.3 Å². The number of ether oxygens (including phenoxy) is 1. The molecule has 0 N–H and O–H groups in total. The fourth-order valence-corrected chi connectivity index (χ4v) is 4.51. The Hall–Kier alpha value is -2.64. The van der Waals surface area contributed by atoms with Gasteiger partial charge in [0.25, 0.3) is 0 Å². The summed E-state index contributed by atoms with van der Waals surface area (Å²) in [6, 6.07) is 16.8. The van der Waals surface area contributed by atoms with Crippen LogP contribution in [0.15, 0.2) is 48.5 Å². The lowest BCUT2D eigenvalue weighted by atomic mass is 10.2. The fraction of sp³-hybridized carbons (Fsp3) is 0.391. The first-order valence-electron chi connectivity index (χ1n) is 10.6. The summed E-state index contributed by atoms with van der Waals surface area (Å²) in [7, 11) is 0. The summed E-state index contributed by atoms with van der Waals surface area (Å²) in [5, 5.41) is 4.99. The number of nitrogens with zero attached hydrogens (tertiary/aromatic N) is 5. The molecule has 30 heavy (non-hydrogen) atoms. The van der Waals surface area contributed by atoms with E-state index in [0.29, 0.717) is 13.3 Å². The van der Waals surface area contributed by atoms with Gasteiger partial charge in [-0.1, -0.05) is 35.9 Å². The van der Waals surface area contributed by atoms with Gasteiger partial charge in [-0.25, -0.2) is 4.68 Å². The minimum atomic E-state index is 0.649. The maximum Gasteiger partial charge on any atom is 0.230 e. The van der Waals surface area contributed by atoms with Crippen molar-refractivity contribution in [2.24, 2.45) is 0 Å². The maximum absolute atomic E-state index is 5.93. The van der Waals surface area contributed by atoms with Gasteiger partial charge in [0, 0.05) is 31.7 Å². The smallest absolute Gasteiger partial charge is 0.230 e. The number of benzene rings is 2. The number of aromatic nitrogens is 3. The van der Waals surface area contributed by atoms with Gasteiger partial charge in [0.05, 0.1) is 12.4 Å². The third kappa shape index (κ3) is 3.75. The molecule has 7 heteroatoms. The Kier molecular flexibility index (Phi) is 5.31. The third-order valence-electron chi connectivity index (χ3n) is 5.87. The van der Waals surface area contributed by atoms with E-state index in [9.17, 15) is 0 Å². The molecule has 2 aromatic carbocycles. The average Bonchev–Trinajstić information content (AvgIpc) is 3.33. The van der Waals surface area contributed by atoms with Gasteiger partial charge in [0.2, 0.25) is 10.7 Å².